The van der Waals surface area contributed by atoms with Gasteiger partial charge in [0, 0.05) is 18.2 Å². The fourth-order valence-electron chi connectivity index (χ4n) is 2.89. The second-order valence-corrected chi connectivity index (χ2v) is 8.58. The van der Waals surface area contributed by atoms with Gasteiger partial charge in [-0.05, 0) is 25.0 Å². The Kier molecular flexibility index (Phi) is 7.35. The van der Waals surface area contributed by atoms with Crippen LogP contribution in [-0.4, -0.2) is 68.3 Å². The molecule has 1 aliphatic rings. The lowest BCUT2D eigenvalue weighted by atomic mass is 10.2. The molecule has 0 saturated carbocycles. The lowest BCUT2D eigenvalue weighted by Crippen LogP contribution is -2.44. The first kappa shape index (κ1) is 20.9. The Morgan fingerprint density at radius 1 is 1.22 bits per heavy atom. The molecule has 2 rings (SSSR count). The summed E-state index contributed by atoms with van der Waals surface area (Å²) >= 11 is 0. The van der Waals surface area contributed by atoms with Crippen LogP contribution in [0.1, 0.15) is 30.1 Å². The van der Waals surface area contributed by atoms with Gasteiger partial charge in [-0.3, -0.25) is 14.4 Å². The third-order valence-corrected chi connectivity index (χ3v) is 5.97. The summed E-state index contributed by atoms with van der Waals surface area (Å²) in [6.07, 6.45) is 1.07. The Balaban J connectivity index is 1.80. The van der Waals surface area contributed by atoms with E-state index in [1.54, 1.807) is 30.3 Å². The second-order valence-electron chi connectivity index (χ2n) is 6.35. The van der Waals surface area contributed by atoms with Gasteiger partial charge in [0.25, 0.3) is 11.8 Å². The zero-order valence-corrected chi connectivity index (χ0v) is 16.0. The van der Waals surface area contributed by atoms with Crippen molar-refractivity contribution in [2.75, 3.05) is 31.2 Å². The van der Waals surface area contributed by atoms with E-state index in [1.165, 1.54) is 4.90 Å². The molecule has 1 aromatic carbocycles. The van der Waals surface area contributed by atoms with E-state index in [9.17, 15) is 22.8 Å². The van der Waals surface area contributed by atoms with Gasteiger partial charge >= 0.3 is 5.97 Å². The van der Waals surface area contributed by atoms with E-state index in [2.05, 4.69) is 5.32 Å². The zero-order chi connectivity index (χ0) is 19.9. The number of carbonyl (C=O) groups is 3. The number of sulfone groups is 1. The summed E-state index contributed by atoms with van der Waals surface area (Å²) in [6.45, 7) is 1.46. The number of ether oxygens (including phenoxy) is 1. The fourth-order valence-corrected chi connectivity index (χ4v) is 4.62. The molecule has 1 fully saturated rings. The Labute approximate surface area is 158 Å². The van der Waals surface area contributed by atoms with Crippen molar-refractivity contribution in [2.24, 2.45) is 0 Å². The van der Waals surface area contributed by atoms with E-state index in [0.717, 1.165) is 0 Å². The van der Waals surface area contributed by atoms with Crippen LogP contribution in [0, 0.1) is 0 Å². The van der Waals surface area contributed by atoms with E-state index in [-0.39, 0.29) is 24.1 Å². The van der Waals surface area contributed by atoms with Gasteiger partial charge in [0.2, 0.25) is 0 Å². The minimum atomic E-state index is -3.12. The van der Waals surface area contributed by atoms with Crippen LogP contribution in [0.2, 0.25) is 0 Å². The monoisotopic (exact) mass is 396 g/mol. The SMILES string of the molecule is CCCN(C(=O)COC(=O)CNC(=O)c1ccccc1)[C@H]1CCS(=O)(=O)C1. The maximum Gasteiger partial charge on any atom is 0.325 e. The average molecular weight is 396 g/mol. The molecule has 1 heterocycles. The quantitative estimate of drug-likeness (QED) is 0.637. The van der Waals surface area contributed by atoms with Gasteiger partial charge in [-0.15, -0.1) is 0 Å². The van der Waals surface area contributed by atoms with Gasteiger partial charge in [0.1, 0.15) is 6.54 Å². The molecule has 0 aromatic heterocycles. The van der Waals surface area contributed by atoms with Crippen LogP contribution in [0.25, 0.3) is 0 Å². The molecule has 0 spiro atoms. The third kappa shape index (κ3) is 6.35. The van der Waals surface area contributed by atoms with E-state index < -0.39 is 34.2 Å². The number of rotatable bonds is 8. The van der Waals surface area contributed by atoms with Crippen molar-refractivity contribution < 1.29 is 27.5 Å². The van der Waals surface area contributed by atoms with Gasteiger partial charge < -0.3 is 15.0 Å². The van der Waals surface area contributed by atoms with Crippen LogP contribution >= 0.6 is 0 Å². The van der Waals surface area contributed by atoms with E-state index in [0.29, 0.717) is 24.9 Å². The summed E-state index contributed by atoms with van der Waals surface area (Å²) < 4.78 is 28.2. The molecular formula is C18H24N2O6S. The topological polar surface area (TPSA) is 110 Å². The van der Waals surface area contributed by atoms with Crippen LogP contribution in [0.3, 0.4) is 0 Å². The van der Waals surface area contributed by atoms with Crippen LogP contribution < -0.4 is 5.32 Å². The molecule has 1 N–H and O–H groups in total. The maximum absolute atomic E-state index is 12.4. The first-order valence-corrected chi connectivity index (χ1v) is 10.6. The predicted octanol–water partition coefficient (Wildman–Crippen LogP) is 0.385. The van der Waals surface area contributed by atoms with E-state index in [1.807, 2.05) is 6.92 Å². The molecule has 2 amide bonds. The standard InChI is InChI=1S/C18H24N2O6S/c1-2-9-20(15-8-10-27(24,25)13-15)16(21)12-26-17(22)11-19-18(23)14-6-4-3-5-7-14/h3-7,15H,2,8-13H2,1H3,(H,19,23)/t15-/m0/s1. The van der Waals surface area contributed by atoms with Crippen molar-refractivity contribution in [3.63, 3.8) is 0 Å². The second kappa shape index (κ2) is 9.50. The number of carbonyl (C=O) groups excluding carboxylic acids is 3. The molecule has 27 heavy (non-hydrogen) atoms. The molecule has 148 valence electrons. The molecule has 1 aromatic rings. The number of esters is 1. The molecule has 0 bridgehead atoms. The highest BCUT2D eigenvalue weighted by Gasteiger charge is 2.34. The number of benzene rings is 1. The molecule has 0 radical (unpaired) electrons. The number of hydrogen-bond acceptors (Lipinski definition) is 6. The summed E-state index contributed by atoms with van der Waals surface area (Å²) in [5, 5.41) is 2.43. The van der Waals surface area contributed by atoms with Crippen molar-refractivity contribution in [1.29, 1.82) is 0 Å². The van der Waals surface area contributed by atoms with Crippen molar-refractivity contribution >= 4 is 27.6 Å². The summed E-state index contributed by atoms with van der Waals surface area (Å²) in [5.74, 6) is -1.57. The highest BCUT2D eigenvalue weighted by atomic mass is 32.2. The number of amides is 2. The van der Waals surface area contributed by atoms with Gasteiger partial charge in [-0.2, -0.15) is 0 Å². The molecule has 8 nitrogen and oxygen atoms in total. The summed E-state index contributed by atoms with van der Waals surface area (Å²) in [5.41, 5.74) is 0.415. The lowest BCUT2D eigenvalue weighted by Gasteiger charge is -2.27. The maximum atomic E-state index is 12.4. The van der Waals surface area contributed by atoms with E-state index in [4.69, 9.17) is 4.74 Å². The van der Waals surface area contributed by atoms with Crippen LogP contribution in [0.4, 0.5) is 0 Å². The summed E-state index contributed by atoms with van der Waals surface area (Å²) in [7, 11) is -3.12. The minimum absolute atomic E-state index is 0.0557. The minimum Gasteiger partial charge on any atom is -0.454 e. The Morgan fingerprint density at radius 2 is 1.93 bits per heavy atom. The molecule has 0 unspecified atom stereocenters. The van der Waals surface area contributed by atoms with Crippen LogP contribution in [0.5, 0.6) is 0 Å². The largest absolute Gasteiger partial charge is 0.454 e. The number of nitrogens with one attached hydrogen (secondary N) is 1. The first-order valence-electron chi connectivity index (χ1n) is 8.81. The van der Waals surface area contributed by atoms with Gasteiger partial charge in [0.15, 0.2) is 16.4 Å². The zero-order valence-electron chi connectivity index (χ0n) is 15.2. The van der Waals surface area contributed by atoms with Crippen molar-refractivity contribution in [2.45, 2.75) is 25.8 Å². The Hall–Kier alpha value is -2.42. The first-order chi connectivity index (χ1) is 12.8. The molecule has 1 aliphatic heterocycles. The Bertz CT molecular complexity index is 778. The van der Waals surface area contributed by atoms with Gasteiger partial charge in [-0.1, -0.05) is 25.1 Å². The lowest BCUT2D eigenvalue weighted by molar-refractivity contribution is -0.152. The van der Waals surface area contributed by atoms with E-state index >= 15 is 0 Å². The van der Waals surface area contributed by atoms with Gasteiger partial charge in [0.05, 0.1) is 11.5 Å². The molecule has 1 saturated heterocycles. The average Bonchev–Trinajstić information content (AvgIpc) is 3.02. The fraction of sp³-hybridized carbons (Fsp3) is 0.500. The highest BCUT2D eigenvalue weighted by molar-refractivity contribution is 7.91. The van der Waals surface area contributed by atoms with Gasteiger partial charge in [-0.25, -0.2) is 8.42 Å². The van der Waals surface area contributed by atoms with Crippen molar-refractivity contribution in [1.82, 2.24) is 10.2 Å². The number of nitrogens with zero attached hydrogens (tertiary/aromatic N) is 1. The smallest absolute Gasteiger partial charge is 0.325 e. The highest BCUT2D eigenvalue weighted by Crippen LogP contribution is 2.18. The Morgan fingerprint density at radius 3 is 2.52 bits per heavy atom. The van der Waals surface area contributed by atoms with Crippen LogP contribution in [-0.2, 0) is 24.2 Å². The number of hydrogen-bond donors (Lipinski definition) is 1. The molecular weight excluding hydrogens is 372 g/mol. The molecule has 0 aliphatic carbocycles. The summed E-state index contributed by atoms with van der Waals surface area (Å²) in [6, 6.07) is 8.03. The molecule has 9 heteroatoms. The van der Waals surface area contributed by atoms with Crippen LogP contribution in [0.15, 0.2) is 30.3 Å². The molecule has 1 atom stereocenters. The third-order valence-electron chi connectivity index (χ3n) is 4.22. The normalized spacial score (nSPS) is 17.9. The van der Waals surface area contributed by atoms with Crippen molar-refractivity contribution in [3.05, 3.63) is 35.9 Å². The van der Waals surface area contributed by atoms with Crippen molar-refractivity contribution in [3.8, 4) is 0 Å². The predicted molar refractivity (Wildman–Crippen MR) is 98.8 cm³/mol. The summed E-state index contributed by atoms with van der Waals surface area (Å²) in [4.78, 5) is 37.5.